The number of rotatable bonds is 2. The lowest BCUT2D eigenvalue weighted by Crippen LogP contribution is -2.44. The lowest BCUT2D eigenvalue weighted by atomic mass is 10.1. The molecule has 5 nitrogen and oxygen atoms in total. The third kappa shape index (κ3) is 3.07. The summed E-state index contributed by atoms with van der Waals surface area (Å²) in [6.07, 6.45) is 0.793. The van der Waals surface area contributed by atoms with E-state index in [0.717, 1.165) is 5.56 Å². The number of carbonyl (C=O) groups excluding carboxylic acids is 1. The van der Waals surface area contributed by atoms with Crippen molar-refractivity contribution in [2.45, 2.75) is 25.0 Å². The van der Waals surface area contributed by atoms with Gasteiger partial charge in [-0.2, -0.15) is 0 Å². The Labute approximate surface area is 129 Å². The van der Waals surface area contributed by atoms with Gasteiger partial charge in [0.15, 0.2) is 0 Å². The maximum Gasteiger partial charge on any atom is 0.238 e. The molecule has 2 heterocycles. The first-order valence-electron chi connectivity index (χ1n) is 6.97. The molecular weight excluding hydrogens is 312 g/mol. The Balaban J connectivity index is 1.83. The molecule has 0 radical (unpaired) electrons. The van der Waals surface area contributed by atoms with Crippen LogP contribution in [-0.4, -0.2) is 43.3 Å². The fourth-order valence-corrected chi connectivity index (χ4v) is 4.71. The van der Waals surface area contributed by atoms with Gasteiger partial charge in [0, 0.05) is 11.1 Å². The Hall–Kier alpha value is -1.11. The number of nitrogens with one attached hydrogen (secondary N) is 1. The zero-order valence-corrected chi connectivity index (χ0v) is 13.0. The average molecular weight is 329 g/mol. The van der Waals surface area contributed by atoms with E-state index in [0.29, 0.717) is 17.9 Å². The van der Waals surface area contributed by atoms with E-state index in [1.165, 1.54) is 0 Å². The summed E-state index contributed by atoms with van der Waals surface area (Å²) < 4.78 is 23.1. The third-order valence-electron chi connectivity index (χ3n) is 4.09. The van der Waals surface area contributed by atoms with Crippen molar-refractivity contribution in [2.75, 3.05) is 18.1 Å². The summed E-state index contributed by atoms with van der Waals surface area (Å²) in [6.45, 7) is 0.278. The second-order valence-corrected chi connectivity index (χ2v) is 8.26. The molecule has 2 saturated heterocycles. The van der Waals surface area contributed by atoms with Gasteiger partial charge >= 0.3 is 0 Å². The van der Waals surface area contributed by atoms with Crippen LogP contribution in [0.4, 0.5) is 0 Å². The van der Waals surface area contributed by atoms with Gasteiger partial charge < -0.3 is 4.90 Å². The maximum absolute atomic E-state index is 12.2. The summed E-state index contributed by atoms with van der Waals surface area (Å²) in [6, 6.07) is 7.38. The highest BCUT2D eigenvalue weighted by atomic mass is 35.5. The molecule has 0 saturated carbocycles. The average Bonchev–Trinajstić information content (AvgIpc) is 2.81. The zero-order valence-electron chi connectivity index (χ0n) is 11.5. The number of sulfone groups is 1. The van der Waals surface area contributed by atoms with E-state index < -0.39 is 9.84 Å². The van der Waals surface area contributed by atoms with Crippen LogP contribution in [-0.2, 0) is 14.6 Å². The SMILES string of the molecule is O=C1CNC(c2cccc(Cl)c2)N1C1CCS(=O)(=O)CC1. The molecule has 2 fully saturated rings. The van der Waals surface area contributed by atoms with Crippen LogP contribution in [0.2, 0.25) is 5.02 Å². The molecule has 21 heavy (non-hydrogen) atoms. The van der Waals surface area contributed by atoms with Crippen molar-refractivity contribution in [3.8, 4) is 0 Å². The number of halogens is 1. The Morgan fingerprint density at radius 2 is 1.95 bits per heavy atom. The molecule has 114 valence electrons. The fraction of sp³-hybridized carbons (Fsp3) is 0.500. The van der Waals surface area contributed by atoms with Gasteiger partial charge in [-0.1, -0.05) is 23.7 Å². The molecule has 3 rings (SSSR count). The predicted molar refractivity (Wildman–Crippen MR) is 80.7 cm³/mol. The minimum atomic E-state index is -2.93. The van der Waals surface area contributed by atoms with Crippen molar-refractivity contribution >= 4 is 27.3 Å². The van der Waals surface area contributed by atoms with Crippen LogP contribution in [0, 0.1) is 0 Å². The molecule has 1 unspecified atom stereocenters. The number of benzene rings is 1. The standard InChI is InChI=1S/C14H17ClN2O3S/c15-11-3-1-2-10(8-11)14-16-9-13(18)17(14)12-4-6-21(19,20)7-5-12/h1-3,8,12,14,16H,4-7,9H2. The van der Waals surface area contributed by atoms with Crippen LogP contribution in [0.25, 0.3) is 0 Å². The molecule has 1 aromatic carbocycles. The topological polar surface area (TPSA) is 66.5 Å². The number of carbonyl (C=O) groups is 1. The van der Waals surface area contributed by atoms with Gasteiger partial charge in [0.1, 0.15) is 16.0 Å². The monoisotopic (exact) mass is 328 g/mol. The van der Waals surface area contributed by atoms with Crippen LogP contribution in [0.3, 0.4) is 0 Å². The summed E-state index contributed by atoms with van der Waals surface area (Å²) in [5.74, 6) is 0.331. The Morgan fingerprint density at radius 1 is 1.24 bits per heavy atom. The molecule has 1 amide bonds. The Kier molecular flexibility index (Phi) is 3.94. The van der Waals surface area contributed by atoms with Crippen molar-refractivity contribution in [3.05, 3.63) is 34.9 Å². The number of hydrogen-bond acceptors (Lipinski definition) is 4. The lowest BCUT2D eigenvalue weighted by Gasteiger charge is -2.35. The first kappa shape index (κ1) is 14.8. The van der Waals surface area contributed by atoms with Crippen LogP contribution < -0.4 is 5.32 Å². The van der Waals surface area contributed by atoms with Crippen molar-refractivity contribution < 1.29 is 13.2 Å². The van der Waals surface area contributed by atoms with Crippen LogP contribution >= 0.6 is 11.6 Å². The molecule has 1 N–H and O–H groups in total. The van der Waals surface area contributed by atoms with Crippen molar-refractivity contribution in [1.29, 1.82) is 0 Å². The third-order valence-corrected chi connectivity index (χ3v) is 6.05. The Bertz CT molecular complexity index is 648. The smallest absolute Gasteiger partial charge is 0.238 e. The minimum Gasteiger partial charge on any atom is -0.319 e. The van der Waals surface area contributed by atoms with Gasteiger partial charge in [-0.3, -0.25) is 10.1 Å². The normalized spacial score (nSPS) is 26.2. The molecule has 2 aliphatic heterocycles. The number of amides is 1. The van der Waals surface area contributed by atoms with E-state index in [1.54, 1.807) is 11.0 Å². The highest BCUT2D eigenvalue weighted by molar-refractivity contribution is 7.91. The van der Waals surface area contributed by atoms with Gasteiger partial charge in [0.2, 0.25) is 5.91 Å². The largest absolute Gasteiger partial charge is 0.319 e. The predicted octanol–water partition coefficient (Wildman–Crippen LogP) is 1.35. The molecule has 7 heteroatoms. The van der Waals surface area contributed by atoms with E-state index >= 15 is 0 Å². The Morgan fingerprint density at radius 3 is 2.62 bits per heavy atom. The van der Waals surface area contributed by atoms with E-state index in [-0.39, 0.29) is 36.2 Å². The van der Waals surface area contributed by atoms with Gasteiger partial charge in [0.25, 0.3) is 0 Å². The highest BCUT2D eigenvalue weighted by Gasteiger charge is 2.39. The molecule has 0 aliphatic carbocycles. The van der Waals surface area contributed by atoms with Crippen molar-refractivity contribution in [3.63, 3.8) is 0 Å². The van der Waals surface area contributed by atoms with E-state index in [1.807, 2.05) is 18.2 Å². The van der Waals surface area contributed by atoms with Gasteiger partial charge in [-0.25, -0.2) is 8.42 Å². The minimum absolute atomic E-state index is 0.0178. The van der Waals surface area contributed by atoms with Crippen molar-refractivity contribution in [2.24, 2.45) is 0 Å². The fourth-order valence-electron chi connectivity index (χ4n) is 3.04. The second kappa shape index (κ2) is 5.59. The number of hydrogen-bond donors (Lipinski definition) is 1. The molecule has 1 aromatic rings. The van der Waals surface area contributed by atoms with Gasteiger partial charge in [-0.15, -0.1) is 0 Å². The van der Waals surface area contributed by atoms with E-state index in [9.17, 15) is 13.2 Å². The quantitative estimate of drug-likeness (QED) is 0.890. The van der Waals surface area contributed by atoms with E-state index in [4.69, 9.17) is 11.6 Å². The molecule has 1 atom stereocenters. The first-order chi connectivity index (χ1) is 9.96. The van der Waals surface area contributed by atoms with Crippen LogP contribution in [0.15, 0.2) is 24.3 Å². The second-order valence-electron chi connectivity index (χ2n) is 5.52. The molecule has 0 bridgehead atoms. The van der Waals surface area contributed by atoms with E-state index in [2.05, 4.69) is 5.32 Å². The molecule has 0 aromatic heterocycles. The summed E-state index contributed by atoms with van der Waals surface area (Å²) >= 11 is 6.02. The first-order valence-corrected chi connectivity index (χ1v) is 9.17. The van der Waals surface area contributed by atoms with Gasteiger partial charge in [-0.05, 0) is 30.5 Å². The summed E-state index contributed by atoms with van der Waals surface area (Å²) in [7, 11) is -2.93. The maximum atomic E-state index is 12.2. The van der Waals surface area contributed by atoms with Gasteiger partial charge in [0.05, 0.1) is 18.1 Å². The number of nitrogens with zero attached hydrogens (tertiary/aromatic N) is 1. The summed E-state index contributed by atoms with van der Waals surface area (Å²) in [5, 5.41) is 3.81. The van der Waals surface area contributed by atoms with Crippen molar-refractivity contribution in [1.82, 2.24) is 10.2 Å². The summed E-state index contributed by atoms with van der Waals surface area (Å²) in [4.78, 5) is 14.0. The van der Waals surface area contributed by atoms with Crippen LogP contribution in [0.5, 0.6) is 0 Å². The molecule has 2 aliphatic rings. The molecule has 0 spiro atoms. The zero-order chi connectivity index (χ0) is 15.0. The molecular formula is C14H17ClN2O3S. The highest BCUT2D eigenvalue weighted by Crippen LogP contribution is 2.30. The summed E-state index contributed by atoms with van der Waals surface area (Å²) in [5.41, 5.74) is 0.932. The lowest BCUT2D eigenvalue weighted by molar-refractivity contribution is -0.130. The van der Waals surface area contributed by atoms with Crippen LogP contribution in [0.1, 0.15) is 24.6 Å².